The number of aromatic amines is 1. The van der Waals surface area contributed by atoms with E-state index in [0.717, 1.165) is 0 Å². The molecule has 0 aliphatic heterocycles. The van der Waals surface area contributed by atoms with Gasteiger partial charge in [0.25, 0.3) is 0 Å². The van der Waals surface area contributed by atoms with Crippen LogP contribution in [0.15, 0.2) is 34.3 Å². The molecule has 0 aliphatic rings. The lowest BCUT2D eigenvalue weighted by atomic mass is 10.4. The number of amides is 1. The van der Waals surface area contributed by atoms with Gasteiger partial charge in [-0.25, -0.2) is 15.0 Å². The van der Waals surface area contributed by atoms with E-state index in [1.165, 1.54) is 18.1 Å². The number of nitrogens with zero attached hydrogens (tertiary/aromatic N) is 3. The Hall–Kier alpha value is -2.55. The summed E-state index contributed by atoms with van der Waals surface area (Å²) in [6.07, 6.45) is 2.92. The molecule has 108 valence electrons. The maximum absolute atomic E-state index is 11.7. The third kappa shape index (κ3) is 3.14. The summed E-state index contributed by atoms with van der Waals surface area (Å²) in [5.74, 6) is 1.16. The number of carbonyl (C=O) groups is 1. The first-order chi connectivity index (χ1) is 10.2. The van der Waals surface area contributed by atoms with Crippen molar-refractivity contribution in [1.29, 1.82) is 0 Å². The fraction of sp³-hybridized carbons (Fsp3) is 0.167. The SMILES string of the molecule is Nc1ncnc2nc(SCC(=O)NCc3ccco3)[nH]c12. The van der Waals surface area contributed by atoms with E-state index >= 15 is 0 Å². The summed E-state index contributed by atoms with van der Waals surface area (Å²) >= 11 is 1.27. The molecule has 0 radical (unpaired) electrons. The van der Waals surface area contributed by atoms with Crippen LogP contribution in [0.25, 0.3) is 11.2 Å². The normalized spacial score (nSPS) is 10.9. The standard InChI is InChI=1S/C12H12N6O2S/c13-10-9-11(16-6-15-10)18-12(17-9)21-5-8(19)14-4-7-2-1-3-20-7/h1-3,6H,4-5H2,(H,14,19)(H3,13,15,16,17,18). The molecule has 0 unspecified atom stereocenters. The molecule has 9 heteroatoms. The molecule has 8 nitrogen and oxygen atoms in total. The Bertz CT molecular complexity index is 754. The molecule has 4 N–H and O–H groups in total. The van der Waals surface area contributed by atoms with Gasteiger partial charge < -0.3 is 20.5 Å². The molecular formula is C12H12N6O2S. The van der Waals surface area contributed by atoms with Crippen LogP contribution in [0.1, 0.15) is 5.76 Å². The van der Waals surface area contributed by atoms with Crippen molar-refractivity contribution >= 4 is 34.7 Å². The van der Waals surface area contributed by atoms with Crippen molar-refractivity contribution in [3.63, 3.8) is 0 Å². The number of nitrogen functional groups attached to an aromatic ring is 1. The molecule has 0 atom stereocenters. The highest BCUT2D eigenvalue weighted by Crippen LogP contribution is 2.20. The van der Waals surface area contributed by atoms with Crippen LogP contribution in [0, 0.1) is 0 Å². The van der Waals surface area contributed by atoms with Crippen LogP contribution in [0.5, 0.6) is 0 Å². The van der Waals surface area contributed by atoms with Crippen LogP contribution in [0.4, 0.5) is 5.82 Å². The number of H-pyrrole nitrogens is 1. The molecule has 0 fully saturated rings. The predicted octanol–water partition coefficient (Wildman–Crippen LogP) is 0.937. The largest absolute Gasteiger partial charge is 0.467 e. The lowest BCUT2D eigenvalue weighted by molar-refractivity contribution is -0.118. The number of hydrogen-bond donors (Lipinski definition) is 3. The van der Waals surface area contributed by atoms with Crippen molar-refractivity contribution < 1.29 is 9.21 Å². The fourth-order valence-corrected chi connectivity index (χ4v) is 2.37. The first-order valence-electron chi connectivity index (χ1n) is 6.10. The summed E-state index contributed by atoms with van der Waals surface area (Å²) in [5, 5.41) is 3.33. The van der Waals surface area contributed by atoms with Gasteiger partial charge in [0.2, 0.25) is 5.91 Å². The molecule has 0 bridgehead atoms. The smallest absolute Gasteiger partial charge is 0.230 e. The summed E-state index contributed by atoms with van der Waals surface area (Å²) in [4.78, 5) is 26.8. The summed E-state index contributed by atoms with van der Waals surface area (Å²) in [7, 11) is 0. The third-order valence-electron chi connectivity index (χ3n) is 2.68. The lowest BCUT2D eigenvalue weighted by Crippen LogP contribution is -2.24. The zero-order valence-corrected chi connectivity index (χ0v) is 11.7. The minimum Gasteiger partial charge on any atom is -0.467 e. The van der Waals surface area contributed by atoms with Crippen LogP contribution in [-0.2, 0) is 11.3 Å². The second kappa shape index (κ2) is 5.83. The van der Waals surface area contributed by atoms with E-state index in [0.29, 0.717) is 34.4 Å². The van der Waals surface area contributed by atoms with Gasteiger partial charge >= 0.3 is 0 Å². The Balaban J connectivity index is 1.56. The molecule has 3 heterocycles. The van der Waals surface area contributed by atoms with Gasteiger partial charge in [-0.05, 0) is 12.1 Å². The minimum absolute atomic E-state index is 0.115. The number of imidazole rings is 1. The van der Waals surface area contributed by atoms with E-state index in [4.69, 9.17) is 10.2 Å². The van der Waals surface area contributed by atoms with Gasteiger partial charge in [-0.15, -0.1) is 0 Å². The van der Waals surface area contributed by atoms with E-state index in [-0.39, 0.29) is 11.7 Å². The minimum atomic E-state index is -0.115. The van der Waals surface area contributed by atoms with Gasteiger partial charge in [0.1, 0.15) is 17.6 Å². The van der Waals surface area contributed by atoms with Crippen LogP contribution < -0.4 is 11.1 Å². The highest BCUT2D eigenvalue weighted by Gasteiger charge is 2.10. The fourth-order valence-electron chi connectivity index (χ4n) is 1.68. The second-order valence-corrected chi connectivity index (χ2v) is 5.11. The van der Waals surface area contributed by atoms with Gasteiger partial charge in [0, 0.05) is 0 Å². The number of carbonyl (C=O) groups excluding carboxylic acids is 1. The maximum atomic E-state index is 11.7. The number of aromatic nitrogens is 4. The van der Waals surface area contributed by atoms with E-state index in [2.05, 4.69) is 25.3 Å². The zero-order valence-electron chi connectivity index (χ0n) is 10.9. The predicted molar refractivity (Wildman–Crippen MR) is 77.4 cm³/mol. The van der Waals surface area contributed by atoms with E-state index < -0.39 is 0 Å². The first-order valence-corrected chi connectivity index (χ1v) is 7.09. The van der Waals surface area contributed by atoms with Crippen molar-refractivity contribution in [1.82, 2.24) is 25.3 Å². The number of thioether (sulfide) groups is 1. The quantitative estimate of drug-likeness (QED) is 0.599. The first kappa shape index (κ1) is 13.4. The Labute approximate surface area is 123 Å². The Kier molecular flexibility index (Phi) is 3.73. The number of nitrogens with two attached hydrogens (primary N) is 1. The highest BCUT2D eigenvalue weighted by atomic mass is 32.2. The maximum Gasteiger partial charge on any atom is 0.230 e. The van der Waals surface area contributed by atoms with Crippen molar-refractivity contribution in [3.8, 4) is 0 Å². The molecule has 0 aromatic carbocycles. The van der Waals surface area contributed by atoms with Crippen molar-refractivity contribution in [2.24, 2.45) is 0 Å². The average Bonchev–Trinajstić information content (AvgIpc) is 3.12. The Morgan fingerprint density at radius 1 is 1.48 bits per heavy atom. The molecule has 3 rings (SSSR count). The molecule has 0 aliphatic carbocycles. The topological polar surface area (TPSA) is 123 Å². The van der Waals surface area contributed by atoms with Crippen molar-refractivity contribution in [2.45, 2.75) is 11.7 Å². The number of anilines is 1. The third-order valence-corrected chi connectivity index (χ3v) is 3.55. The van der Waals surface area contributed by atoms with E-state index in [1.807, 2.05) is 0 Å². The molecule has 1 amide bonds. The van der Waals surface area contributed by atoms with Crippen molar-refractivity contribution in [2.75, 3.05) is 11.5 Å². The van der Waals surface area contributed by atoms with Crippen LogP contribution in [0.2, 0.25) is 0 Å². The van der Waals surface area contributed by atoms with Crippen molar-refractivity contribution in [3.05, 3.63) is 30.5 Å². The monoisotopic (exact) mass is 304 g/mol. The molecular weight excluding hydrogens is 292 g/mol. The number of fused-ring (bicyclic) bond motifs is 1. The number of furan rings is 1. The molecule has 21 heavy (non-hydrogen) atoms. The highest BCUT2D eigenvalue weighted by molar-refractivity contribution is 7.99. The summed E-state index contributed by atoms with van der Waals surface area (Å²) in [6, 6.07) is 3.57. The summed E-state index contributed by atoms with van der Waals surface area (Å²) in [5.41, 5.74) is 6.77. The van der Waals surface area contributed by atoms with Gasteiger partial charge in [-0.2, -0.15) is 0 Å². The van der Waals surface area contributed by atoms with Gasteiger partial charge in [0.05, 0.1) is 18.6 Å². The van der Waals surface area contributed by atoms with Gasteiger partial charge in [0.15, 0.2) is 16.6 Å². The molecule has 0 spiro atoms. The Morgan fingerprint density at radius 3 is 3.14 bits per heavy atom. The average molecular weight is 304 g/mol. The van der Waals surface area contributed by atoms with E-state index in [9.17, 15) is 4.79 Å². The second-order valence-electron chi connectivity index (χ2n) is 4.14. The van der Waals surface area contributed by atoms with Crippen LogP contribution in [0.3, 0.4) is 0 Å². The summed E-state index contributed by atoms with van der Waals surface area (Å²) in [6.45, 7) is 0.366. The number of rotatable bonds is 5. The van der Waals surface area contributed by atoms with Gasteiger partial charge in [-0.1, -0.05) is 11.8 Å². The number of nitrogens with one attached hydrogen (secondary N) is 2. The zero-order chi connectivity index (χ0) is 14.7. The number of hydrogen-bond acceptors (Lipinski definition) is 7. The van der Waals surface area contributed by atoms with Crippen LogP contribution >= 0.6 is 11.8 Å². The van der Waals surface area contributed by atoms with Crippen LogP contribution in [-0.4, -0.2) is 31.6 Å². The molecule has 0 saturated carbocycles. The van der Waals surface area contributed by atoms with E-state index in [1.54, 1.807) is 18.4 Å². The van der Waals surface area contributed by atoms with Gasteiger partial charge in [-0.3, -0.25) is 4.79 Å². The Morgan fingerprint density at radius 2 is 2.38 bits per heavy atom. The molecule has 0 saturated heterocycles. The lowest BCUT2D eigenvalue weighted by Gasteiger charge is -2.01. The molecule has 3 aromatic heterocycles. The molecule has 3 aromatic rings. The summed E-state index contributed by atoms with van der Waals surface area (Å²) < 4.78 is 5.13.